The van der Waals surface area contributed by atoms with Crippen LogP contribution in [0.15, 0.2) is 23.3 Å². The lowest BCUT2D eigenvalue weighted by Crippen LogP contribution is -2.60. The molecule has 130 valence electrons. The molecule has 5 atom stereocenters. The molecular weight excluding hydrogens is 324 g/mol. The van der Waals surface area contributed by atoms with Crippen molar-refractivity contribution in [2.45, 2.75) is 30.7 Å². The van der Waals surface area contributed by atoms with Gasteiger partial charge in [0, 0.05) is 17.1 Å². The van der Waals surface area contributed by atoms with Gasteiger partial charge in [-0.15, -0.1) is 0 Å². The number of nitrogens with one attached hydrogen (secondary N) is 1. The number of ether oxygens (including phenoxy) is 1. The summed E-state index contributed by atoms with van der Waals surface area (Å²) in [5.41, 5.74) is 8.32. The molecule has 0 bridgehead atoms. The molecule has 1 amide bonds. The molecular formula is C13H16N4O7. The highest BCUT2D eigenvalue weighted by Gasteiger charge is 2.42. The molecule has 1 aromatic rings. The van der Waals surface area contributed by atoms with Crippen LogP contribution in [0.5, 0.6) is 5.75 Å². The summed E-state index contributed by atoms with van der Waals surface area (Å²) in [5.74, 6) is -1.14. The molecule has 0 saturated carbocycles. The Kier molecular flexibility index (Phi) is 5.57. The molecule has 1 fully saturated rings. The fourth-order valence-electron chi connectivity index (χ4n) is 2.21. The van der Waals surface area contributed by atoms with Crippen LogP contribution in [-0.2, 0) is 4.74 Å². The SMILES string of the molecule is [N-]=[N+]=Nc1ccc(C(=O)NC[C@H]2O[C@@H](O)[C@@H](O)[C@@H](O)[C@@H]2O)c(O)c1. The molecule has 0 unspecified atom stereocenters. The Bertz CT molecular complexity index is 664. The van der Waals surface area contributed by atoms with E-state index in [4.69, 9.17) is 10.3 Å². The van der Waals surface area contributed by atoms with Crippen LogP contribution in [0, 0.1) is 0 Å². The van der Waals surface area contributed by atoms with Gasteiger partial charge in [-0.25, -0.2) is 0 Å². The van der Waals surface area contributed by atoms with Gasteiger partial charge in [-0.2, -0.15) is 0 Å². The fourth-order valence-corrected chi connectivity index (χ4v) is 2.21. The summed E-state index contributed by atoms with van der Waals surface area (Å²) in [7, 11) is 0. The Morgan fingerprint density at radius 3 is 2.58 bits per heavy atom. The Balaban J connectivity index is 2.01. The number of phenols is 1. The van der Waals surface area contributed by atoms with E-state index >= 15 is 0 Å². The Morgan fingerprint density at radius 1 is 1.25 bits per heavy atom. The smallest absolute Gasteiger partial charge is 0.255 e. The molecule has 24 heavy (non-hydrogen) atoms. The van der Waals surface area contributed by atoms with Crippen molar-refractivity contribution in [2.75, 3.05) is 6.54 Å². The number of aromatic hydroxyl groups is 1. The van der Waals surface area contributed by atoms with E-state index in [1.54, 1.807) is 0 Å². The zero-order chi connectivity index (χ0) is 17.9. The lowest BCUT2D eigenvalue weighted by molar-refractivity contribution is -0.279. The second kappa shape index (κ2) is 7.45. The fraction of sp³-hybridized carbons (Fsp3) is 0.462. The highest BCUT2D eigenvalue weighted by molar-refractivity contribution is 5.97. The van der Waals surface area contributed by atoms with Crippen LogP contribution in [0.4, 0.5) is 5.69 Å². The van der Waals surface area contributed by atoms with E-state index in [1.165, 1.54) is 12.1 Å². The number of azide groups is 1. The molecule has 0 aromatic heterocycles. The van der Waals surface area contributed by atoms with E-state index in [0.717, 1.165) is 6.07 Å². The molecule has 1 aliphatic rings. The van der Waals surface area contributed by atoms with E-state index in [9.17, 15) is 30.3 Å². The number of amides is 1. The first-order valence-electron chi connectivity index (χ1n) is 6.89. The maximum absolute atomic E-state index is 12.0. The van der Waals surface area contributed by atoms with Crippen molar-refractivity contribution in [1.29, 1.82) is 0 Å². The van der Waals surface area contributed by atoms with Crippen LogP contribution in [0.2, 0.25) is 0 Å². The van der Waals surface area contributed by atoms with Gasteiger partial charge in [-0.3, -0.25) is 4.79 Å². The maximum Gasteiger partial charge on any atom is 0.255 e. The molecule has 1 aliphatic heterocycles. The minimum absolute atomic E-state index is 0.113. The van der Waals surface area contributed by atoms with Gasteiger partial charge in [0.1, 0.15) is 30.2 Å². The van der Waals surface area contributed by atoms with Crippen LogP contribution >= 0.6 is 0 Å². The summed E-state index contributed by atoms with van der Waals surface area (Å²) in [4.78, 5) is 14.6. The Labute approximate surface area is 135 Å². The van der Waals surface area contributed by atoms with E-state index in [0.29, 0.717) is 0 Å². The number of aliphatic hydroxyl groups is 4. The number of carbonyl (C=O) groups is 1. The third-order valence-corrected chi connectivity index (χ3v) is 3.54. The minimum atomic E-state index is -1.71. The second-order valence-corrected chi connectivity index (χ2v) is 5.14. The van der Waals surface area contributed by atoms with Gasteiger partial charge in [0.2, 0.25) is 0 Å². The third-order valence-electron chi connectivity index (χ3n) is 3.54. The van der Waals surface area contributed by atoms with Gasteiger partial charge in [0.25, 0.3) is 5.91 Å². The first-order chi connectivity index (χ1) is 11.3. The molecule has 1 heterocycles. The number of hydrogen-bond donors (Lipinski definition) is 6. The normalized spacial score (nSPS) is 29.6. The molecule has 0 radical (unpaired) electrons. The number of rotatable bonds is 4. The minimum Gasteiger partial charge on any atom is -0.507 e. The molecule has 0 spiro atoms. The second-order valence-electron chi connectivity index (χ2n) is 5.14. The molecule has 1 aromatic carbocycles. The number of hydrogen-bond acceptors (Lipinski definition) is 8. The van der Waals surface area contributed by atoms with Crippen molar-refractivity contribution >= 4 is 11.6 Å². The van der Waals surface area contributed by atoms with Crippen LogP contribution in [0.25, 0.3) is 10.4 Å². The van der Waals surface area contributed by atoms with Gasteiger partial charge in [0.05, 0.1) is 5.56 Å². The van der Waals surface area contributed by atoms with E-state index in [2.05, 4.69) is 15.3 Å². The standard InChI is InChI=1S/C13H16N4O7/c14-17-16-5-1-2-6(7(18)3-5)12(22)15-4-8-9(19)10(20)11(21)13(23)24-8/h1-3,8-11,13,18-21,23H,4H2,(H,15,22)/t8-,9-,10+,11+,13-/m1/s1. The van der Waals surface area contributed by atoms with E-state index in [-0.39, 0.29) is 17.8 Å². The lowest BCUT2D eigenvalue weighted by atomic mass is 9.99. The number of nitrogens with zero attached hydrogens (tertiary/aromatic N) is 3. The number of carbonyl (C=O) groups excluding carboxylic acids is 1. The first kappa shape index (κ1) is 17.9. The highest BCUT2D eigenvalue weighted by atomic mass is 16.6. The van der Waals surface area contributed by atoms with E-state index in [1.807, 2.05) is 0 Å². The largest absolute Gasteiger partial charge is 0.507 e. The Hall–Kier alpha value is -2.40. The van der Waals surface area contributed by atoms with Crippen LogP contribution in [0.3, 0.4) is 0 Å². The predicted octanol–water partition coefficient (Wildman–Crippen LogP) is -1.14. The van der Waals surface area contributed by atoms with Gasteiger partial charge < -0.3 is 35.6 Å². The topological polar surface area (TPSA) is 188 Å². The Morgan fingerprint density at radius 2 is 1.96 bits per heavy atom. The first-order valence-corrected chi connectivity index (χ1v) is 6.89. The summed E-state index contributed by atoms with van der Waals surface area (Å²) >= 11 is 0. The molecule has 6 N–H and O–H groups in total. The number of phenolic OH excluding ortho intramolecular Hbond substituents is 1. The quantitative estimate of drug-likeness (QED) is 0.227. The number of benzene rings is 1. The summed E-state index contributed by atoms with van der Waals surface area (Å²) in [6, 6.07) is 3.66. The third kappa shape index (κ3) is 3.74. The van der Waals surface area contributed by atoms with Crippen LogP contribution in [0.1, 0.15) is 10.4 Å². The van der Waals surface area contributed by atoms with Crippen molar-refractivity contribution in [3.05, 3.63) is 34.2 Å². The maximum atomic E-state index is 12.0. The molecule has 1 saturated heterocycles. The van der Waals surface area contributed by atoms with Crippen molar-refractivity contribution in [3.8, 4) is 5.75 Å². The van der Waals surface area contributed by atoms with Gasteiger partial charge in [-0.1, -0.05) is 11.2 Å². The van der Waals surface area contributed by atoms with Gasteiger partial charge in [0.15, 0.2) is 6.29 Å². The molecule has 0 aliphatic carbocycles. The molecule has 2 rings (SSSR count). The van der Waals surface area contributed by atoms with Crippen LogP contribution in [-0.4, -0.2) is 68.7 Å². The predicted molar refractivity (Wildman–Crippen MR) is 78.1 cm³/mol. The van der Waals surface area contributed by atoms with Crippen molar-refractivity contribution < 1.29 is 35.1 Å². The zero-order valence-corrected chi connectivity index (χ0v) is 12.2. The average molecular weight is 340 g/mol. The van der Waals surface area contributed by atoms with Crippen LogP contribution < -0.4 is 5.32 Å². The summed E-state index contributed by atoms with van der Waals surface area (Å²) in [5, 5.41) is 53.5. The van der Waals surface area contributed by atoms with Gasteiger partial charge in [-0.05, 0) is 17.7 Å². The monoisotopic (exact) mass is 340 g/mol. The summed E-state index contributed by atoms with van der Waals surface area (Å²) in [6.45, 7) is -0.293. The number of aliphatic hydroxyl groups excluding tert-OH is 4. The van der Waals surface area contributed by atoms with Crippen molar-refractivity contribution in [3.63, 3.8) is 0 Å². The van der Waals surface area contributed by atoms with E-state index < -0.39 is 42.4 Å². The summed E-state index contributed by atoms with van der Waals surface area (Å²) < 4.78 is 4.91. The zero-order valence-electron chi connectivity index (χ0n) is 12.2. The average Bonchev–Trinajstić information content (AvgIpc) is 2.55. The molecule has 11 heteroatoms. The van der Waals surface area contributed by atoms with Crippen molar-refractivity contribution in [2.24, 2.45) is 5.11 Å². The van der Waals surface area contributed by atoms with Crippen molar-refractivity contribution in [1.82, 2.24) is 5.32 Å². The lowest BCUT2D eigenvalue weighted by Gasteiger charge is -2.38. The highest BCUT2D eigenvalue weighted by Crippen LogP contribution is 2.24. The van der Waals surface area contributed by atoms with Gasteiger partial charge >= 0.3 is 0 Å². The summed E-state index contributed by atoms with van der Waals surface area (Å²) in [6.07, 6.45) is -7.69. The molecule has 11 nitrogen and oxygen atoms in total.